The van der Waals surface area contributed by atoms with Gasteiger partial charge in [0.25, 0.3) is 0 Å². The number of rotatable bonds is 9. The van der Waals surface area contributed by atoms with Crippen molar-refractivity contribution in [2.75, 3.05) is 26.2 Å². The van der Waals surface area contributed by atoms with Crippen molar-refractivity contribution in [1.82, 2.24) is 10.2 Å². The summed E-state index contributed by atoms with van der Waals surface area (Å²) in [4.78, 5) is 2.65. The van der Waals surface area contributed by atoms with Gasteiger partial charge in [-0.15, -0.1) is 0 Å². The summed E-state index contributed by atoms with van der Waals surface area (Å²) in [5, 5.41) is 3.58. The summed E-state index contributed by atoms with van der Waals surface area (Å²) >= 11 is 0. The van der Waals surface area contributed by atoms with Crippen molar-refractivity contribution < 1.29 is 0 Å². The van der Waals surface area contributed by atoms with E-state index in [4.69, 9.17) is 0 Å². The standard InChI is InChI=1S/C15H32N2/c1-3-5-6-7-8-9-10-12-17-13-11-16-15(4-2)14-17/h15-16H,3-14H2,1-2H3. The Balaban J connectivity index is 1.91. The molecular formula is C15H32N2. The summed E-state index contributed by atoms with van der Waals surface area (Å²) in [6.45, 7) is 9.61. The summed E-state index contributed by atoms with van der Waals surface area (Å²) in [6, 6.07) is 0.744. The molecule has 0 amide bonds. The van der Waals surface area contributed by atoms with Gasteiger partial charge in [0.2, 0.25) is 0 Å². The van der Waals surface area contributed by atoms with Gasteiger partial charge < -0.3 is 10.2 Å². The minimum atomic E-state index is 0.744. The smallest absolute Gasteiger partial charge is 0.0192 e. The average molecular weight is 240 g/mol. The number of nitrogens with one attached hydrogen (secondary N) is 1. The molecule has 0 bridgehead atoms. The van der Waals surface area contributed by atoms with E-state index in [1.54, 1.807) is 0 Å². The largest absolute Gasteiger partial charge is 0.311 e. The molecule has 0 aliphatic carbocycles. The Morgan fingerprint density at radius 1 is 1.00 bits per heavy atom. The first-order valence-electron chi connectivity index (χ1n) is 7.82. The highest BCUT2D eigenvalue weighted by atomic mass is 15.2. The van der Waals surface area contributed by atoms with E-state index in [9.17, 15) is 0 Å². The third-order valence-corrected chi connectivity index (χ3v) is 3.91. The molecule has 1 fully saturated rings. The SMILES string of the molecule is CCCCCCCCCN1CCNC(CC)C1. The van der Waals surface area contributed by atoms with Crippen molar-refractivity contribution in [3.05, 3.63) is 0 Å². The van der Waals surface area contributed by atoms with Crippen LogP contribution in [0.3, 0.4) is 0 Å². The van der Waals surface area contributed by atoms with Crippen molar-refractivity contribution in [3.63, 3.8) is 0 Å². The Hall–Kier alpha value is -0.0800. The number of hydrogen-bond acceptors (Lipinski definition) is 2. The summed E-state index contributed by atoms with van der Waals surface area (Å²) in [6.07, 6.45) is 11.2. The van der Waals surface area contributed by atoms with E-state index in [-0.39, 0.29) is 0 Å². The fourth-order valence-corrected chi connectivity index (χ4v) is 2.66. The number of hydrogen-bond donors (Lipinski definition) is 1. The first kappa shape index (κ1) is 15.0. The van der Waals surface area contributed by atoms with E-state index < -0.39 is 0 Å². The Labute approximate surface area is 108 Å². The van der Waals surface area contributed by atoms with Crippen LogP contribution in [-0.4, -0.2) is 37.1 Å². The van der Waals surface area contributed by atoms with Crippen LogP contribution in [0.25, 0.3) is 0 Å². The Kier molecular flexibility index (Phi) is 8.72. The molecule has 1 unspecified atom stereocenters. The zero-order valence-corrected chi connectivity index (χ0v) is 12.0. The number of piperazine rings is 1. The van der Waals surface area contributed by atoms with E-state index in [0.29, 0.717) is 0 Å². The predicted molar refractivity (Wildman–Crippen MR) is 76.5 cm³/mol. The highest BCUT2D eigenvalue weighted by Gasteiger charge is 2.16. The zero-order valence-electron chi connectivity index (χ0n) is 12.0. The molecule has 1 rings (SSSR count). The van der Waals surface area contributed by atoms with Gasteiger partial charge in [0.15, 0.2) is 0 Å². The molecule has 0 aromatic carbocycles. The van der Waals surface area contributed by atoms with Crippen molar-refractivity contribution >= 4 is 0 Å². The Morgan fingerprint density at radius 3 is 2.41 bits per heavy atom. The van der Waals surface area contributed by atoms with E-state index in [1.807, 2.05) is 0 Å². The van der Waals surface area contributed by atoms with Crippen LogP contribution in [0.4, 0.5) is 0 Å². The van der Waals surface area contributed by atoms with Crippen LogP contribution in [0, 0.1) is 0 Å². The maximum absolute atomic E-state index is 3.58. The van der Waals surface area contributed by atoms with Crippen molar-refractivity contribution in [1.29, 1.82) is 0 Å². The summed E-state index contributed by atoms with van der Waals surface area (Å²) in [5.41, 5.74) is 0. The molecule has 1 heterocycles. The topological polar surface area (TPSA) is 15.3 Å². The molecule has 0 spiro atoms. The molecule has 0 aromatic heterocycles. The molecule has 1 aliphatic heterocycles. The van der Waals surface area contributed by atoms with Gasteiger partial charge in [-0.1, -0.05) is 52.4 Å². The van der Waals surface area contributed by atoms with Crippen molar-refractivity contribution in [2.24, 2.45) is 0 Å². The molecule has 102 valence electrons. The zero-order chi connectivity index (χ0) is 12.3. The second kappa shape index (κ2) is 9.90. The molecular weight excluding hydrogens is 208 g/mol. The lowest BCUT2D eigenvalue weighted by molar-refractivity contribution is 0.193. The lowest BCUT2D eigenvalue weighted by atomic mass is 10.1. The van der Waals surface area contributed by atoms with Gasteiger partial charge in [0.05, 0.1) is 0 Å². The lowest BCUT2D eigenvalue weighted by Gasteiger charge is -2.33. The van der Waals surface area contributed by atoms with Gasteiger partial charge >= 0.3 is 0 Å². The van der Waals surface area contributed by atoms with Crippen molar-refractivity contribution in [2.45, 2.75) is 71.3 Å². The third kappa shape index (κ3) is 7.05. The van der Waals surface area contributed by atoms with Gasteiger partial charge in [0, 0.05) is 25.7 Å². The highest BCUT2D eigenvalue weighted by molar-refractivity contribution is 4.77. The minimum absolute atomic E-state index is 0.744. The fraction of sp³-hybridized carbons (Fsp3) is 1.00. The molecule has 1 atom stereocenters. The summed E-state index contributed by atoms with van der Waals surface area (Å²) in [5.74, 6) is 0. The third-order valence-electron chi connectivity index (χ3n) is 3.91. The predicted octanol–water partition coefficient (Wildman–Crippen LogP) is 3.42. The Bertz CT molecular complexity index is 170. The van der Waals surface area contributed by atoms with E-state index in [1.165, 1.54) is 77.5 Å². The van der Waals surface area contributed by atoms with Crippen LogP contribution in [-0.2, 0) is 0 Å². The molecule has 0 radical (unpaired) electrons. The molecule has 1 N–H and O–H groups in total. The molecule has 0 aromatic rings. The lowest BCUT2D eigenvalue weighted by Crippen LogP contribution is -2.50. The molecule has 2 nitrogen and oxygen atoms in total. The van der Waals surface area contributed by atoms with Crippen molar-refractivity contribution in [3.8, 4) is 0 Å². The van der Waals surface area contributed by atoms with Crippen LogP contribution in [0.1, 0.15) is 65.2 Å². The fourth-order valence-electron chi connectivity index (χ4n) is 2.66. The van der Waals surface area contributed by atoms with Gasteiger partial charge in [-0.3, -0.25) is 0 Å². The maximum atomic E-state index is 3.58. The minimum Gasteiger partial charge on any atom is -0.311 e. The molecule has 17 heavy (non-hydrogen) atoms. The van der Waals surface area contributed by atoms with E-state index in [0.717, 1.165) is 6.04 Å². The molecule has 2 heteroatoms. The molecule has 0 saturated carbocycles. The second-order valence-corrected chi connectivity index (χ2v) is 5.48. The van der Waals surface area contributed by atoms with Crippen LogP contribution in [0.5, 0.6) is 0 Å². The highest BCUT2D eigenvalue weighted by Crippen LogP contribution is 2.09. The Morgan fingerprint density at radius 2 is 1.71 bits per heavy atom. The van der Waals surface area contributed by atoms with Crippen LogP contribution in [0.15, 0.2) is 0 Å². The van der Waals surface area contributed by atoms with E-state index in [2.05, 4.69) is 24.1 Å². The van der Waals surface area contributed by atoms with E-state index >= 15 is 0 Å². The quantitative estimate of drug-likeness (QED) is 0.621. The van der Waals surface area contributed by atoms with Crippen LogP contribution >= 0.6 is 0 Å². The number of nitrogens with zero attached hydrogens (tertiary/aromatic N) is 1. The maximum Gasteiger partial charge on any atom is 0.0192 e. The first-order chi connectivity index (χ1) is 8.36. The first-order valence-corrected chi connectivity index (χ1v) is 7.82. The summed E-state index contributed by atoms with van der Waals surface area (Å²) in [7, 11) is 0. The van der Waals surface area contributed by atoms with Gasteiger partial charge in [0.1, 0.15) is 0 Å². The summed E-state index contributed by atoms with van der Waals surface area (Å²) < 4.78 is 0. The molecule has 1 saturated heterocycles. The normalized spacial score (nSPS) is 21.9. The average Bonchev–Trinajstić information content (AvgIpc) is 2.38. The molecule has 1 aliphatic rings. The van der Waals surface area contributed by atoms with Crippen LogP contribution < -0.4 is 5.32 Å². The van der Waals surface area contributed by atoms with Crippen LogP contribution in [0.2, 0.25) is 0 Å². The monoisotopic (exact) mass is 240 g/mol. The van der Waals surface area contributed by atoms with Gasteiger partial charge in [-0.05, 0) is 19.4 Å². The number of unbranched alkanes of at least 4 members (excludes halogenated alkanes) is 6. The van der Waals surface area contributed by atoms with Gasteiger partial charge in [-0.2, -0.15) is 0 Å². The second-order valence-electron chi connectivity index (χ2n) is 5.48. The van der Waals surface area contributed by atoms with Gasteiger partial charge in [-0.25, -0.2) is 0 Å².